The van der Waals surface area contributed by atoms with Crippen molar-refractivity contribution in [3.05, 3.63) is 0 Å². The predicted octanol–water partition coefficient (Wildman–Crippen LogP) is -0.817. The standard InChI is InChI=1S/C9H14N2O4/c1-5(2-8(13)14)11-4-6(9(10)15)3-7(11)12/h5-6H,2-4H2,1H3,(H2,10,15)(H,13,14). The van der Waals surface area contributed by atoms with Crippen LogP contribution in [0.25, 0.3) is 0 Å². The van der Waals surface area contributed by atoms with E-state index in [-0.39, 0.29) is 31.3 Å². The van der Waals surface area contributed by atoms with Gasteiger partial charge in [-0.2, -0.15) is 0 Å². The van der Waals surface area contributed by atoms with E-state index >= 15 is 0 Å². The molecule has 2 atom stereocenters. The maximum Gasteiger partial charge on any atom is 0.305 e. The molecule has 84 valence electrons. The van der Waals surface area contributed by atoms with Crippen molar-refractivity contribution in [1.29, 1.82) is 0 Å². The summed E-state index contributed by atoms with van der Waals surface area (Å²) in [5, 5.41) is 8.58. The van der Waals surface area contributed by atoms with Gasteiger partial charge < -0.3 is 15.7 Å². The van der Waals surface area contributed by atoms with Gasteiger partial charge in [0.25, 0.3) is 0 Å². The number of likely N-dealkylation sites (tertiary alicyclic amines) is 1. The maximum absolute atomic E-state index is 11.4. The Morgan fingerprint density at radius 3 is 2.67 bits per heavy atom. The monoisotopic (exact) mass is 214 g/mol. The first-order valence-corrected chi connectivity index (χ1v) is 4.72. The first-order chi connectivity index (χ1) is 6.91. The van der Waals surface area contributed by atoms with E-state index in [1.165, 1.54) is 4.90 Å². The quantitative estimate of drug-likeness (QED) is 0.638. The summed E-state index contributed by atoms with van der Waals surface area (Å²) in [6.07, 6.45) is -0.0173. The molecule has 1 rings (SSSR count). The summed E-state index contributed by atoms with van der Waals surface area (Å²) in [5.74, 6) is -2.15. The van der Waals surface area contributed by atoms with Crippen molar-refractivity contribution in [1.82, 2.24) is 4.90 Å². The fourth-order valence-corrected chi connectivity index (χ4v) is 1.71. The third-order valence-corrected chi connectivity index (χ3v) is 2.56. The van der Waals surface area contributed by atoms with Crippen molar-refractivity contribution in [3.8, 4) is 0 Å². The minimum Gasteiger partial charge on any atom is -0.481 e. The van der Waals surface area contributed by atoms with E-state index in [1.807, 2.05) is 0 Å². The Kier molecular flexibility index (Phi) is 3.28. The normalized spacial score (nSPS) is 22.9. The van der Waals surface area contributed by atoms with Crippen LogP contribution in [0, 0.1) is 5.92 Å². The predicted molar refractivity (Wildman–Crippen MR) is 50.7 cm³/mol. The number of carbonyl (C=O) groups excluding carboxylic acids is 2. The van der Waals surface area contributed by atoms with Gasteiger partial charge in [0.15, 0.2) is 0 Å². The third kappa shape index (κ3) is 2.68. The first-order valence-electron chi connectivity index (χ1n) is 4.72. The van der Waals surface area contributed by atoms with Crippen LogP contribution in [0.2, 0.25) is 0 Å². The molecule has 1 aliphatic heterocycles. The van der Waals surface area contributed by atoms with E-state index in [9.17, 15) is 14.4 Å². The zero-order chi connectivity index (χ0) is 11.6. The summed E-state index contributed by atoms with van der Waals surface area (Å²) in [7, 11) is 0. The summed E-state index contributed by atoms with van der Waals surface area (Å²) >= 11 is 0. The molecule has 0 aromatic carbocycles. The second-order valence-electron chi connectivity index (χ2n) is 3.80. The van der Waals surface area contributed by atoms with Crippen LogP contribution < -0.4 is 5.73 Å². The van der Waals surface area contributed by atoms with Crippen LogP contribution in [0.5, 0.6) is 0 Å². The fraction of sp³-hybridized carbons (Fsp3) is 0.667. The highest BCUT2D eigenvalue weighted by Gasteiger charge is 2.35. The van der Waals surface area contributed by atoms with Crippen molar-refractivity contribution in [2.75, 3.05) is 6.54 Å². The van der Waals surface area contributed by atoms with Gasteiger partial charge in [-0.25, -0.2) is 0 Å². The molecule has 6 heteroatoms. The van der Waals surface area contributed by atoms with Crippen LogP contribution >= 0.6 is 0 Å². The van der Waals surface area contributed by atoms with Crippen molar-refractivity contribution in [2.45, 2.75) is 25.8 Å². The summed E-state index contributed by atoms with van der Waals surface area (Å²) in [4.78, 5) is 34.2. The van der Waals surface area contributed by atoms with E-state index in [1.54, 1.807) is 6.92 Å². The molecular formula is C9H14N2O4. The molecule has 1 heterocycles. The number of hydrogen-bond acceptors (Lipinski definition) is 3. The van der Waals surface area contributed by atoms with Crippen LogP contribution in [-0.2, 0) is 14.4 Å². The number of amides is 2. The van der Waals surface area contributed by atoms with Gasteiger partial charge >= 0.3 is 5.97 Å². The van der Waals surface area contributed by atoms with E-state index in [4.69, 9.17) is 10.8 Å². The molecule has 0 aliphatic carbocycles. The number of rotatable bonds is 4. The molecule has 0 aromatic rings. The molecule has 15 heavy (non-hydrogen) atoms. The Morgan fingerprint density at radius 1 is 1.67 bits per heavy atom. The van der Waals surface area contributed by atoms with E-state index in [0.717, 1.165) is 0 Å². The highest BCUT2D eigenvalue weighted by molar-refractivity contribution is 5.88. The fourth-order valence-electron chi connectivity index (χ4n) is 1.71. The molecule has 0 aromatic heterocycles. The largest absolute Gasteiger partial charge is 0.481 e. The van der Waals surface area contributed by atoms with E-state index in [2.05, 4.69) is 0 Å². The number of hydrogen-bond donors (Lipinski definition) is 2. The molecule has 1 saturated heterocycles. The van der Waals surface area contributed by atoms with Crippen LogP contribution in [0.1, 0.15) is 19.8 Å². The number of carboxylic acids is 1. The Morgan fingerprint density at radius 2 is 2.27 bits per heavy atom. The van der Waals surface area contributed by atoms with Crippen LogP contribution in [0.4, 0.5) is 0 Å². The van der Waals surface area contributed by atoms with Gasteiger partial charge in [-0.05, 0) is 6.92 Å². The minimum atomic E-state index is -0.960. The number of nitrogens with zero attached hydrogens (tertiary/aromatic N) is 1. The Labute approximate surface area is 87.0 Å². The smallest absolute Gasteiger partial charge is 0.305 e. The van der Waals surface area contributed by atoms with Gasteiger partial charge in [-0.3, -0.25) is 14.4 Å². The molecular weight excluding hydrogens is 200 g/mol. The summed E-state index contributed by atoms with van der Waals surface area (Å²) in [6, 6.07) is -0.389. The van der Waals surface area contributed by atoms with E-state index < -0.39 is 17.8 Å². The SMILES string of the molecule is CC(CC(=O)O)N1CC(C(N)=O)CC1=O. The number of primary amides is 1. The molecule has 1 aliphatic rings. The Balaban J connectivity index is 2.60. The number of aliphatic carboxylic acids is 1. The zero-order valence-electron chi connectivity index (χ0n) is 8.47. The molecule has 6 nitrogen and oxygen atoms in total. The summed E-state index contributed by atoms with van der Waals surface area (Å²) in [6.45, 7) is 1.89. The summed E-state index contributed by atoms with van der Waals surface area (Å²) < 4.78 is 0. The molecule has 0 radical (unpaired) electrons. The molecule has 0 bridgehead atoms. The Bertz CT molecular complexity index is 302. The Hall–Kier alpha value is -1.59. The third-order valence-electron chi connectivity index (χ3n) is 2.56. The van der Waals surface area contributed by atoms with E-state index in [0.29, 0.717) is 0 Å². The zero-order valence-corrected chi connectivity index (χ0v) is 8.47. The lowest BCUT2D eigenvalue weighted by Gasteiger charge is -2.22. The molecule has 3 N–H and O–H groups in total. The van der Waals surface area contributed by atoms with Crippen molar-refractivity contribution in [2.24, 2.45) is 11.7 Å². The lowest BCUT2D eigenvalue weighted by Crippen LogP contribution is -2.37. The maximum atomic E-state index is 11.4. The minimum absolute atomic E-state index is 0.0965. The average molecular weight is 214 g/mol. The van der Waals surface area contributed by atoms with Gasteiger partial charge in [0.1, 0.15) is 0 Å². The van der Waals surface area contributed by atoms with Crippen molar-refractivity contribution < 1.29 is 19.5 Å². The first kappa shape index (κ1) is 11.5. The van der Waals surface area contributed by atoms with Gasteiger partial charge in [0.05, 0.1) is 12.3 Å². The topological polar surface area (TPSA) is 101 Å². The second kappa shape index (κ2) is 4.29. The van der Waals surface area contributed by atoms with Gasteiger partial charge in [-0.1, -0.05) is 0 Å². The number of carbonyl (C=O) groups is 3. The highest BCUT2D eigenvalue weighted by Crippen LogP contribution is 2.20. The van der Waals surface area contributed by atoms with Crippen LogP contribution in [0.15, 0.2) is 0 Å². The van der Waals surface area contributed by atoms with Crippen LogP contribution in [-0.4, -0.2) is 40.4 Å². The van der Waals surface area contributed by atoms with Gasteiger partial charge in [-0.15, -0.1) is 0 Å². The van der Waals surface area contributed by atoms with Crippen molar-refractivity contribution >= 4 is 17.8 Å². The average Bonchev–Trinajstić information content (AvgIpc) is 2.46. The molecule has 1 fully saturated rings. The number of carboxylic acid groups (broad SMARTS) is 1. The number of nitrogens with two attached hydrogens (primary N) is 1. The lowest BCUT2D eigenvalue weighted by atomic mass is 10.1. The van der Waals surface area contributed by atoms with Crippen molar-refractivity contribution in [3.63, 3.8) is 0 Å². The molecule has 2 amide bonds. The van der Waals surface area contributed by atoms with Crippen LogP contribution in [0.3, 0.4) is 0 Å². The molecule has 0 spiro atoms. The highest BCUT2D eigenvalue weighted by atomic mass is 16.4. The van der Waals surface area contributed by atoms with Gasteiger partial charge in [0, 0.05) is 19.0 Å². The molecule has 2 unspecified atom stereocenters. The molecule has 0 saturated carbocycles. The summed E-state index contributed by atoms with van der Waals surface area (Å²) in [5.41, 5.74) is 5.09. The van der Waals surface area contributed by atoms with Gasteiger partial charge in [0.2, 0.25) is 11.8 Å². The second-order valence-corrected chi connectivity index (χ2v) is 3.80. The lowest BCUT2D eigenvalue weighted by molar-refractivity contribution is -0.139.